The number of unbranched alkanes of at least 4 members (excludes halogenated alkanes) is 3. The Morgan fingerprint density at radius 2 is 1.61 bits per heavy atom. The van der Waals surface area contributed by atoms with Crippen molar-refractivity contribution in [2.24, 2.45) is 0 Å². The molecule has 0 heterocycles. The summed E-state index contributed by atoms with van der Waals surface area (Å²) in [4.78, 5) is 14.6. The van der Waals surface area contributed by atoms with Gasteiger partial charge in [0.15, 0.2) is 0 Å². The Labute approximate surface area is 246 Å². The number of carbonyl (C=O) groups is 1. The lowest BCUT2D eigenvalue weighted by atomic mass is 10.1. The molecule has 2 aromatic carbocycles. The molecule has 1 atom stereocenters. The van der Waals surface area contributed by atoms with Crippen molar-refractivity contribution >= 4 is 21.6 Å². The van der Waals surface area contributed by atoms with Crippen molar-refractivity contribution < 1.29 is 28.2 Å². The van der Waals surface area contributed by atoms with Gasteiger partial charge in [0.2, 0.25) is 10.0 Å². The number of ether oxygens (including phenoxy) is 1. The van der Waals surface area contributed by atoms with Gasteiger partial charge < -0.3 is 25.2 Å². The van der Waals surface area contributed by atoms with Gasteiger partial charge in [-0.3, -0.25) is 9.52 Å². The van der Waals surface area contributed by atoms with Crippen LogP contribution in [0.15, 0.2) is 42.5 Å². The van der Waals surface area contributed by atoms with Gasteiger partial charge in [0.25, 0.3) is 5.91 Å². The Balaban J connectivity index is 1.51. The van der Waals surface area contributed by atoms with E-state index in [-0.39, 0.29) is 17.3 Å². The molecule has 230 valence electrons. The number of aryl methyl sites for hydroxylation is 1. The molecule has 2 rings (SSSR count). The number of hydrogen-bond acceptors (Lipinski definition) is 7. The van der Waals surface area contributed by atoms with Crippen LogP contribution >= 0.6 is 0 Å². The highest BCUT2D eigenvalue weighted by atomic mass is 32.2. The summed E-state index contributed by atoms with van der Waals surface area (Å²) >= 11 is 0. The minimum absolute atomic E-state index is 0.0507. The number of anilines is 1. The highest BCUT2D eigenvalue weighted by Gasteiger charge is 2.14. The predicted molar refractivity (Wildman–Crippen MR) is 165 cm³/mol. The maximum Gasteiger partial charge on any atom is 0.253 e. The van der Waals surface area contributed by atoms with Gasteiger partial charge in [-0.2, -0.15) is 0 Å². The van der Waals surface area contributed by atoms with Crippen molar-refractivity contribution in [3.05, 3.63) is 59.2 Å². The number of nitrogens with zero attached hydrogens (tertiary/aromatic N) is 1. The molecule has 1 amide bonds. The zero-order valence-corrected chi connectivity index (χ0v) is 25.7. The summed E-state index contributed by atoms with van der Waals surface area (Å²) in [6.45, 7) is 8.35. The molecule has 0 spiro atoms. The monoisotopic (exact) mass is 591 g/mol. The minimum atomic E-state index is -3.53. The largest absolute Gasteiger partial charge is 0.506 e. The van der Waals surface area contributed by atoms with Crippen LogP contribution in [-0.4, -0.2) is 75.1 Å². The molecular weight excluding hydrogens is 542 g/mol. The van der Waals surface area contributed by atoms with E-state index in [4.69, 9.17) is 4.74 Å². The van der Waals surface area contributed by atoms with Gasteiger partial charge >= 0.3 is 0 Å². The third-order valence-corrected chi connectivity index (χ3v) is 7.25. The van der Waals surface area contributed by atoms with E-state index in [1.165, 1.54) is 17.7 Å². The molecular formula is C31H49N3O6S. The third kappa shape index (κ3) is 13.7. The van der Waals surface area contributed by atoms with Crippen LogP contribution in [0, 0.1) is 0 Å². The maximum absolute atomic E-state index is 12.7. The molecule has 41 heavy (non-hydrogen) atoms. The molecule has 9 nitrogen and oxygen atoms in total. The third-order valence-electron chi connectivity index (χ3n) is 6.66. The Morgan fingerprint density at radius 3 is 2.27 bits per heavy atom. The SMILES string of the molecule is CCCN(CCC)C(=O)c1ccc(CCCOCCCCCCNCC(O)c2ccc(O)c(NS(C)(=O)=O)c2)cc1. The van der Waals surface area contributed by atoms with Crippen LogP contribution < -0.4 is 10.0 Å². The number of rotatable bonds is 21. The van der Waals surface area contributed by atoms with Crippen LogP contribution in [0.25, 0.3) is 0 Å². The van der Waals surface area contributed by atoms with Crippen molar-refractivity contribution in [1.82, 2.24) is 10.2 Å². The summed E-state index contributed by atoms with van der Waals surface area (Å²) < 4.78 is 30.9. The molecule has 1 unspecified atom stereocenters. The molecule has 0 aliphatic heterocycles. The van der Waals surface area contributed by atoms with E-state index in [9.17, 15) is 23.4 Å². The first kappa shape index (κ1) is 34.5. The normalized spacial score (nSPS) is 12.3. The number of carbonyl (C=O) groups excluding carboxylic acids is 1. The number of hydrogen-bond donors (Lipinski definition) is 4. The van der Waals surface area contributed by atoms with Crippen molar-refractivity contribution in [2.45, 2.75) is 71.3 Å². The second-order valence-electron chi connectivity index (χ2n) is 10.5. The Bertz CT molecular complexity index is 1140. The van der Waals surface area contributed by atoms with E-state index in [0.29, 0.717) is 12.1 Å². The van der Waals surface area contributed by atoms with Gasteiger partial charge in [-0.25, -0.2) is 8.42 Å². The fourth-order valence-corrected chi connectivity index (χ4v) is 5.10. The average molecular weight is 592 g/mol. The molecule has 0 aromatic heterocycles. The minimum Gasteiger partial charge on any atom is -0.506 e. The molecule has 0 radical (unpaired) electrons. The second kappa shape index (κ2) is 18.7. The number of amides is 1. The standard InChI is InChI=1S/C31H49N3O6S/c1-4-19-34(20-5-2)31(37)26-14-12-25(13-15-26)11-10-22-40-21-9-7-6-8-18-32-24-30(36)27-16-17-29(35)28(23-27)33-41(3,38)39/h12-17,23,30,32-33,35-36H,4-11,18-22,24H2,1-3H3. The van der Waals surface area contributed by atoms with E-state index in [1.54, 1.807) is 6.07 Å². The Kier molecular flexibility index (Phi) is 15.8. The molecule has 0 bridgehead atoms. The first-order valence-corrected chi connectivity index (χ1v) is 16.7. The lowest BCUT2D eigenvalue weighted by molar-refractivity contribution is 0.0755. The van der Waals surface area contributed by atoms with E-state index in [1.807, 2.05) is 17.0 Å². The van der Waals surface area contributed by atoms with Crippen LogP contribution in [0.2, 0.25) is 0 Å². The number of aliphatic hydroxyl groups is 1. The zero-order valence-electron chi connectivity index (χ0n) is 24.9. The van der Waals surface area contributed by atoms with Gasteiger partial charge in [-0.05, 0) is 80.5 Å². The van der Waals surface area contributed by atoms with Crippen LogP contribution in [0.3, 0.4) is 0 Å². The topological polar surface area (TPSA) is 128 Å². The summed E-state index contributed by atoms with van der Waals surface area (Å²) in [6.07, 6.45) is 8.13. The van der Waals surface area contributed by atoms with Crippen LogP contribution in [0.1, 0.15) is 86.4 Å². The quantitative estimate of drug-likeness (QED) is 0.121. The number of benzene rings is 2. The van der Waals surface area contributed by atoms with E-state index < -0.39 is 16.1 Å². The second-order valence-corrected chi connectivity index (χ2v) is 12.2. The van der Waals surface area contributed by atoms with Gasteiger partial charge in [0, 0.05) is 38.4 Å². The predicted octanol–water partition coefficient (Wildman–Crippen LogP) is 4.86. The summed E-state index contributed by atoms with van der Waals surface area (Å²) in [5.41, 5.74) is 2.55. The number of phenols is 1. The highest BCUT2D eigenvalue weighted by Crippen LogP contribution is 2.27. The van der Waals surface area contributed by atoms with Gasteiger partial charge in [-0.15, -0.1) is 0 Å². The lowest BCUT2D eigenvalue weighted by Gasteiger charge is -2.21. The lowest BCUT2D eigenvalue weighted by Crippen LogP contribution is -2.32. The summed E-state index contributed by atoms with van der Waals surface area (Å²) in [5.74, 6) is -0.0743. The van der Waals surface area contributed by atoms with Gasteiger partial charge in [-0.1, -0.05) is 44.9 Å². The van der Waals surface area contributed by atoms with Gasteiger partial charge in [0.1, 0.15) is 5.75 Å². The number of nitrogens with one attached hydrogen (secondary N) is 2. The summed E-state index contributed by atoms with van der Waals surface area (Å²) in [6, 6.07) is 12.4. The smallest absolute Gasteiger partial charge is 0.253 e. The van der Waals surface area contributed by atoms with Crippen LogP contribution in [-0.2, 0) is 21.2 Å². The summed E-state index contributed by atoms with van der Waals surface area (Å²) in [5, 5.41) is 23.4. The number of phenolic OH excluding ortho intramolecular Hbond substituents is 1. The average Bonchev–Trinajstić information content (AvgIpc) is 2.93. The van der Waals surface area contributed by atoms with Crippen LogP contribution in [0.5, 0.6) is 5.75 Å². The highest BCUT2D eigenvalue weighted by molar-refractivity contribution is 7.92. The first-order chi connectivity index (χ1) is 19.6. The molecule has 4 N–H and O–H groups in total. The Hall–Kier alpha value is -2.66. The van der Waals surface area contributed by atoms with E-state index in [2.05, 4.69) is 36.0 Å². The van der Waals surface area contributed by atoms with Crippen LogP contribution in [0.4, 0.5) is 5.69 Å². The van der Waals surface area contributed by atoms with Crippen molar-refractivity contribution in [2.75, 3.05) is 50.4 Å². The van der Waals surface area contributed by atoms with Crippen molar-refractivity contribution in [1.29, 1.82) is 0 Å². The molecule has 0 saturated carbocycles. The number of aromatic hydroxyl groups is 1. The summed E-state index contributed by atoms with van der Waals surface area (Å²) in [7, 11) is -3.53. The molecule has 0 fully saturated rings. The zero-order chi connectivity index (χ0) is 30.1. The molecule has 2 aromatic rings. The molecule has 0 saturated heterocycles. The fourth-order valence-electron chi connectivity index (χ4n) is 4.54. The van der Waals surface area contributed by atoms with Crippen molar-refractivity contribution in [3.8, 4) is 5.75 Å². The van der Waals surface area contributed by atoms with E-state index in [0.717, 1.165) is 96.0 Å². The number of sulfonamides is 1. The Morgan fingerprint density at radius 1 is 0.951 bits per heavy atom. The molecule has 10 heteroatoms. The number of aliphatic hydroxyl groups excluding tert-OH is 1. The molecule has 0 aliphatic carbocycles. The maximum atomic E-state index is 12.7. The fraction of sp³-hybridized carbons (Fsp3) is 0.581. The van der Waals surface area contributed by atoms with Crippen molar-refractivity contribution in [3.63, 3.8) is 0 Å². The first-order valence-electron chi connectivity index (χ1n) is 14.8. The van der Waals surface area contributed by atoms with E-state index >= 15 is 0 Å². The molecule has 0 aliphatic rings. The van der Waals surface area contributed by atoms with Gasteiger partial charge in [0.05, 0.1) is 18.0 Å².